The molecule has 2 heteroatoms. The summed E-state index contributed by atoms with van der Waals surface area (Å²) in [5, 5.41) is 12.2. The van der Waals surface area contributed by atoms with Crippen molar-refractivity contribution in [3.05, 3.63) is 48.6 Å². The van der Waals surface area contributed by atoms with Crippen LogP contribution in [0.3, 0.4) is 0 Å². The summed E-state index contributed by atoms with van der Waals surface area (Å²) < 4.78 is 0. The molecular formula is C14H21NO. The van der Waals surface area contributed by atoms with Crippen LogP contribution in [0.15, 0.2) is 43.0 Å². The molecule has 16 heavy (non-hydrogen) atoms. The molecule has 0 amide bonds. The van der Waals surface area contributed by atoms with Crippen molar-refractivity contribution in [2.24, 2.45) is 0 Å². The summed E-state index contributed by atoms with van der Waals surface area (Å²) in [6.07, 6.45) is 4.81. The molecule has 0 radical (unpaired) electrons. The number of hydrogen-bond donors (Lipinski definition) is 2. The molecule has 0 aromatic heterocycles. The van der Waals surface area contributed by atoms with E-state index in [1.807, 2.05) is 12.1 Å². The summed E-state index contributed by atoms with van der Waals surface area (Å²) in [4.78, 5) is 0. The zero-order valence-corrected chi connectivity index (χ0v) is 9.73. The van der Waals surface area contributed by atoms with Gasteiger partial charge in [-0.25, -0.2) is 0 Å². The molecule has 1 atom stereocenters. The molecule has 2 nitrogen and oxygen atoms in total. The lowest BCUT2D eigenvalue weighted by atomic mass is 10.0. The van der Waals surface area contributed by atoms with Crippen LogP contribution in [0.5, 0.6) is 0 Å². The van der Waals surface area contributed by atoms with Crippen molar-refractivity contribution in [3.63, 3.8) is 0 Å². The first-order valence-corrected chi connectivity index (χ1v) is 5.88. The van der Waals surface area contributed by atoms with Gasteiger partial charge in [0.15, 0.2) is 0 Å². The third kappa shape index (κ3) is 4.60. The quantitative estimate of drug-likeness (QED) is 0.520. The maximum Gasteiger partial charge on any atom is 0.0443 e. The van der Waals surface area contributed by atoms with Crippen LogP contribution in [0, 0.1) is 0 Å². The summed E-state index contributed by atoms with van der Waals surface area (Å²) in [5.41, 5.74) is 1.31. The molecule has 88 valence electrons. The summed E-state index contributed by atoms with van der Waals surface area (Å²) in [7, 11) is 0. The van der Waals surface area contributed by atoms with Gasteiger partial charge < -0.3 is 10.4 Å². The molecular weight excluding hydrogens is 198 g/mol. The van der Waals surface area contributed by atoms with E-state index < -0.39 is 0 Å². The van der Waals surface area contributed by atoms with E-state index in [0.717, 1.165) is 25.8 Å². The number of allylic oxidation sites excluding steroid dienone is 1. The van der Waals surface area contributed by atoms with Crippen LogP contribution in [0.4, 0.5) is 0 Å². The molecule has 0 fully saturated rings. The van der Waals surface area contributed by atoms with E-state index in [1.165, 1.54) is 5.56 Å². The van der Waals surface area contributed by atoms with Gasteiger partial charge in [-0.05, 0) is 31.4 Å². The van der Waals surface area contributed by atoms with E-state index in [1.54, 1.807) is 0 Å². The first kappa shape index (κ1) is 12.9. The Bertz CT molecular complexity index is 284. The Morgan fingerprint density at radius 2 is 2.06 bits per heavy atom. The van der Waals surface area contributed by atoms with Crippen molar-refractivity contribution in [1.82, 2.24) is 5.32 Å². The highest BCUT2D eigenvalue weighted by Crippen LogP contribution is 2.18. The fraction of sp³-hybridized carbons (Fsp3) is 0.429. The predicted octanol–water partition coefficient (Wildman–Crippen LogP) is 2.67. The van der Waals surface area contributed by atoms with Gasteiger partial charge >= 0.3 is 0 Å². The smallest absolute Gasteiger partial charge is 0.0443 e. The average Bonchev–Trinajstić information content (AvgIpc) is 2.35. The first-order valence-electron chi connectivity index (χ1n) is 5.88. The number of aliphatic hydroxyl groups is 1. The van der Waals surface area contributed by atoms with Gasteiger partial charge in [0.2, 0.25) is 0 Å². The highest BCUT2D eigenvalue weighted by atomic mass is 16.3. The Morgan fingerprint density at radius 1 is 1.31 bits per heavy atom. The van der Waals surface area contributed by atoms with E-state index >= 15 is 0 Å². The van der Waals surface area contributed by atoms with Crippen molar-refractivity contribution in [1.29, 1.82) is 0 Å². The lowest BCUT2D eigenvalue weighted by Crippen LogP contribution is -2.23. The molecule has 0 spiro atoms. The molecule has 0 aliphatic rings. The Labute approximate surface area is 98.0 Å². The van der Waals surface area contributed by atoms with E-state index in [0.29, 0.717) is 6.04 Å². The van der Waals surface area contributed by atoms with Crippen LogP contribution >= 0.6 is 0 Å². The third-order valence-corrected chi connectivity index (χ3v) is 2.59. The summed E-state index contributed by atoms with van der Waals surface area (Å²) in [5.74, 6) is 0. The molecule has 1 aromatic rings. The van der Waals surface area contributed by atoms with Crippen LogP contribution in [0.25, 0.3) is 0 Å². The Balaban J connectivity index is 2.52. The third-order valence-electron chi connectivity index (χ3n) is 2.59. The topological polar surface area (TPSA) is 32.3 Å². The molecule has 0 aliphatic carbocycles. The maximum absolute atomic E-state index is 8.77. The molecule has 1 unspecified atom stereocenters. The van der Waals surface area contributed by atoms with Crippen LogP contribution in [-0.2, 0) is 0 Å². The van der Waals surface area contributed by atoms with E-state index in [9.17, 15) is 0 Å². The minimum atomic E-state index is 0.246. The number of benzene rings is 1. The highest BCUT2D eigenvalue weighted by Gasteiger charge is 2.08. The van der Waals surface area contributed by atoms with Gasteiger partial charge in [-0.15, -0.1) is 6.58 Å². The average molecular weight is 219 g/mol. The Hall–Kier alpha value is -1.12. The fourth-order valence-corrected chi connectivity index (χ4v) is 1.71. The van der Waals surface area contributed by atoms with Crippen molar-refractivity contribution in [2.75, 3.05) is 13.2 Å². The minimum Gasteiger partial charge on any atom is -0.396 e. The van der Waals surface area contributed by atoms with Crippen LogP contribution in [-0.4, -0.2) is 18.3 Å². The second kappa shape index (κ2) is 8.08. The normalized spacial score (nSPS) is 12.3. The Kier molecular flexibility index (Phi) is 6.54. The molecule has 1 rings (SSSR count). The van der Waals surface area contributed by atoms with Gasteiger partial charge in [0.1, 0.15) is 0 Å². The monoisotopic (exact) mass is 219 g/mol. The maximum atomic E-state index is 8.77. The van der Waals surface area contributed by atoms with Crippen molar-refractivity contribution < 1.29 is 5.11 Å². The van der Waals surface area contributed by atoms with Crippen molar-refractivity contribution in [2.45, 2.75) is 25.3 Å². The molecule has 2 N–H and O–H groups in total. The zero-order valence-electron chi connectivity index (χ0n) is 9.73. The largest absolute Gasteiger partial charge is 0.396 e. The van der Waals surface area contributed by atoms with Gasteiger partial charge in [0.05, 0.1) is 0 Å². The number of nitrogens with one attached hydrogen (secondary N) is 1. The fourth-order valence-electron chi connectivity index (χ4n) is 1.71. The second-order valence-electron chi connectivity index (χ2n) is 3.86. The van der Waals surface area contributed by atoms with E-state index in [-0.39, 0.29) is 6.61 Å². The molecule has 0 saturated carbocycles. The highest BCUT2D eigenvalue weighted by molar-refractivity contribution is 5.18. The van der Waals surface area contributed by atoms with Gasteiger partial charge in [0, 0.05) is 12.6 Å². The summed E-state index contributed by atoms with van der Waals surface area (Å²) in [6.45, 7) is 4.86. The molecule has 0 heterocycles. The first-order chi connectivity index (χ1) is 7.88. The summed E-state index contributed by atoms with van der Waals surface area (Å²) >= 11 is 0. The lowest BCUT2D eigenvalue weighted by Gasteiger charge is -2.18. The van der Waals surface area contributed by atoms with Gasteiger partial charge in [-0.3, -0.25) is 0 Å². The molecule has 0 bridgehead atoms. The summed E-state index contributed by atoms with van der Waals surface area (Å²) in [6, 6.07) is 10.8. The van der Waals surface area contributed by atoms with E-state index in [2.05, 4.69) is 36.2 Å². The minimum absolute atomic E-state index is 0.246. The van der Waals surface area contributed by atoms with Crippen molar-refractivity contribution >= 4 is 0 Å². The molecule has 1 aromatic carbocycles. The lowest BCUT2D eigenvalue weighted by molar-refractivity contribution is 0.282. The van der Waals surface area contributed by atoms with Gasteiger partial charge in [-0.1, -0.05) is 36.4 Å². The Morgan fingerprint density at radius 3 is 2.69 bits per heavy atom. The SMILES string of the molecule is C=CCCC(NCCCO)c1ccccc1. The van der Waals surface area contributed by atoms with Crippen LogP contribution in [0.1, 0.15) is 30.9 Å². The molecule has 0 aliphatic heterocycles. The van der Waals surface area contributed by atoms with E-state index in [4.69, 9.17) is 5.11 Å². The second-order valence-corrected chi connectivity index (χ2v) is 3.86. The zero-order chi connectivity index (χ0) is 11.6. The predicted molar refractivity (Wildman–Crippen MR) is 68.3 cm³/mol. The van der Waals surface area contributed by atoms with Crippen LogP contribution < -0.4 is 5.32 Å². The number of hydrogen-bond acceptors (Lipinski definition) is 2. The van der Waals surface area contributed by atoms with Crippen LogP contribution in [0.2, 0.25) is 0 Å². The van der Waals surface area contributed by atoms with Crippen molar-refractivity contribution in [3.8, 4) is 0 Å². The standard InChI is InChI=1S/C14H21NO/c1-2-3-10-14(15-11-7-12-16)13-8-5-4-6-9-13/h2,4-6,8-9,14-16H,1,3,7,10-12H2. The number of rotatable bonds is 8. The number of aliphatic hydroxyl groups excluding tert-OH is 1. The van der Waals surface area contributed by atoms with Gasteiger partial charge in [-0.2, -0.15) is 0 Å². The van der Waals surface area contributed by atoms with Gasteiger partial charge in [0.25, 0.3) is 0 Å². The molecule has 0 saturated heterocycles.